The molecule has 0 radical (unpaired) electrons. The van der Waals surface area contributed by atoms with Crippen LogP contribution >= 0.6 is 0 Å². The summed E-state index contributed by atoms with van der Waals surface area (Å²) in [6.45, 7) is 0. The van der Waals surface area contributed by atoms with Crippen LogP contribution in [-0.4, -0.2) is 17.9 Å². The molecule has 0 aromatic heterocycles. The van der Waals surface area contributed by atoms with Crippen LogP contribution in [-0.2, 0) is 16.0 Å². The number of amides is 2. The van der Waals surface area contributed by atoms with E-state index in [9.17, 15) is 18.4 Å². The molecule has 2 amide bonds. The maximum Gasteiger partial charge on any atom is 0.240 e. The van der Waals surface area contributed by atoms with Gasteiger partial charge < -0.3 is 11.1 Å². The van der Waals surface area contributed by atoms with Crippen molar-refractivity contribution in [1.82, 2.24) is 5.32 Å². The van der Waals surface area contributed by atoms with E-state index in [4.69, 9.17) is 12.2 Å². The van der Waals surface area contributed by atoms with Crippen LogP contribution < -0.4 is 11.1 Å². The lowest BCUT2D eigenvalue weighted by atomic mass is 10.1. The zero-order valence-corrected chi connectivity index (χ0v) is 11.4. The second-order valence-corrected chi connectivity index (χ2v) is 4.54. The highest BCUT2D eigenvalue weighted by Crippen LogP contribution is 2.09. The summed E-state index contributed by atoms with van der Waals surface area (Å²) < 4.78 is 25.8. The number of benzene rings is 1. The fraction of sp³-hybridized carbons (Fsp3) is 0.333. The van der Waals surface area contributed by atoms with Gasteiger partial charge in [0.1, 0.15) is 6.04 Å². The first-order valence-electron chi connectivity index (χ1n) is 6.40. The SMILES string of the molecule is C#CCCC[C@H](NC(=O)Cc1ccc(F)c(F)c1)C(N)=O. The number of nitrogens with one attached hydrogen (secondary N) is 1. The smallest absolute Gasteiger partial charge is 0.240 e. The highest BCUT2D eigenvalue weighted by atomic mass is 19.2. The number of unbranched alkanes of at least 4 members (excludes halogenated alkanes) is 1. The quantitative estimate of drug-likeness (QED) is 0.587. The van der Waals surface area contributed by atoms with Gasteiger partial charge >= 0.3 is 0 Å². The van der Waals surface area contributed by atoms with E-state index in [0.717, 1.165) is 12.1 Å². The molecule has 0 aliphatic heterocycles. The molecule has 0 fully saturated rings. The molecule has 0 unspecified atom stereocenters. The van der Waals surface area contributed by atoms with Crippen LogP contribution in [0.15, 0.2) is 18.2 Å². The maximum absolute atomic E-state index is 13.0. The summed E-state index contributed by atoms with van der Waals surface area (Å²) in [5.74, 6) is -0.742. The van der Waals surface area contributed by atoms with Gasteiger partial charge in [0.05, 0.1) is 6.42 Å². The first-order valence-corrected chi connectivity index (χ1v) is 6.40. The molecule has 0 bridgehead atoms. The van der Waals surface area contributed by atoms with E-state index in [1.54, 1.807) is 0 Å². The number of rotatable bonds is 7. The van der Waals surface area contributed by atoms with Crippen molar-refractivity contribution in [3.63, 3.8) is 0 Å². The monoisotopic (exact) mass is 294 g/mol. The Kier molecular flexibility index (Phi) is 6.34. The van der Waals surface area contributed by atoms with Gasteiger partial charge in [0.25, 0.3) is 0 Å². The molecular formula is C15H16F2N2O2. The van der Waals surface area contributed by atoms with Gasteiger partial charge in [-0.25, -0.2) is 8.78 Å². The lowest BCUT2D eigenvalue weighted by Crippen LogP contribution is -2.44. The second-order valence-electron chi connectivity index (χ2n) is 4.54. The minimum Gasteiger partial charge on any atom is -0.368 e. The van der Waals surface area contributed by atoms with E-state index in [2.05, 4.69) is 11.2 Å². The number of carbonyl (C=O) groups is 2. The van der Waals surface area contributed by atoms with E-state index < -0.39 is 29.5 Å². The van der Waals surface area contributed by atoms with E-state index in [0.29, 0.717) is 24.8 Å². The summed E-state index contributed by atoms with van der Waals surface area (Å²) >= 11 is 0. The molecule has 21 heavy (non-hydrogen) atoms. The van der Waals surface area contributed by atoms with E-state index in [1.807, 2.05) is 0 Å². The molecule has 0 heterocycles. The molecule has 6 heteroatoms. The summed E-state index contributed by atoms with van der Waals surface area (Å²) in [5, 5.41) is 2.46. The molecule has 1 aromatic rings. The van der Waals surface area contributed by atoms with Gasteiger partial charge in [-0.05, 0) is 30.5 Å². The zero-order chi connectivity index (χ0) is 15.8. The van der Waals surface area contributed by atoms with Crippen LogP contribution in [0.5, 0.6) is 0 Å². The minimum atomic E-state index is -1.03. The van der Waals surface area contributed by atoms with Crippen molar-refractivity contribution >= 4 is 11.8 Å². The molecule has 1 aromatic carbocycles. The molecular weight excluding hydrogens is 278 g/mol. The average Bonchev–Trinajstić information content (AvgIpc) is 2.42. The van der Waals surface area contributed by atoms with Crippen LogP contribution in [0.4, 0.5) is 8.78 Å². The lowest BCUT2D eigenvalue weighted by Gasteiger charge is -2.15. The Morgan fingerprint density at radius 3 is 2.62 bits per heavy atom. The number of nitrogens with two attached hydrogens (primary N) is 1. The van der Waals surface area contributed by atoms with Gasteiger partial charge in [0.15, 0.2) is 11.6 Å². The van der Waals surface area contributed by atoms with E-state index in [1.165, 1.54) is 6.07 Å². The highest BCUT2D eigenvalue weighted by molar-refractivity contribution is 5.87. The first-order chi connectivity index (χ1) is 9.93. The van der Waals surface area contributed by atoms with Crippen LogP contribution in [0.2, 0.25) is 0 Å². The number of primary amides is 1. The van der Waals surface area contributed by atoms with E-state index >= 15 is 0 Å². The third-order valence-corrected chi connectivity index (χ3v) is 2.84. The standard InChI is InChI=1S/C15H16F2N2O2/c1-2-3-4-5-13(15(18)21)19-14(20)9-10-6-7-11(16)12(17)8-10/h1,6-8,13H,3-5,9H2,(H2,18,21)(H,19,20)/t13-/m0/s1. The number of hydrogen-bond donors (Lipinski definition) is 2. The van der Waals surface area contributed by atoms with Gasteiger partial charge in [0.2, 0.25) is 11.8 Å². The van der Waals surface area contributed by atoms with Gasteiger partial charge in [-0.1, -0.05) is 6.07 Å². The molecule has 0 saturated heterocycles. The molecule has 1 atom stereocenters. The Morgan fingerprint density at radius 1 is 1.33 bits per heavy atom. The lowest BCUT2D eigenvalue weighted by molar-refractivity contribution is -0.127. The first kappa shape index (κ1) is 16.6. The Bertz CT molecular complexity index is 567. The van der Waals surface area contributed by atoms with Crippen LogP contribution in [0, 0.1) is 24.0 Å². The summed E-state index contributed by atoms with van der Waals surface area (Å²) in [6, 6.07) is 2.36. The van der Waals surface area contributed by atoms with Crippen molar-refractivity contribution in [2.24, 2.45) is 5.73 Å². The Hall–Kier alpha value is -2.42. The molecule has 0 saturated carbocycles. The summed E-state index contributed by atoms with van der Waals surface area (Å²) in [4.78, 5) is 23.0. The fourth-order valence-electron chi connectivity index (χ4n) is 1.77. The molecule has 0 aliphatic rings. The number of hydrogen-bond acceptors (Lipinski definition) is 2. The molecule has 0 spiro atoms. The molecule has 3 N–H and O–H groups in total. The van der Waals surface area contributed by atoms with Gasteiger partial charge in [0, 0.05) is 6.42 Å². The van der Waals surface area contributed by atoms with Crippen molar-refractivity contribution in [3.05, 3.63) is 35.4 Å². The summed E-state index contributed by atoms with van der Waals surface area (Å²) in [6.07, 6.45) is 6.29. The van der Waals surface area contributed by atoms with Crippen LogP contribution in [0.1, 0.15) is 24.8 Å². The Morgan fingerprint density at radius 2 is 2.05 bits per heavy atom. The molecule has 112 valence electrons. The predicted molar refractivity (Wildman–Crippen MR) is 73.9 cm³/mol. The summed E-state index contributed by atoms with van der Waals surface area (Å²) in [5.41, 5.74) is 5.49. The maximum atomic E-state index is 13.0. The average molecular weight is 294 g/mol. The molecule has 4 nitrogen and oxygen atoms in total. The third kappa shape index (κ3) is 5.61. The van der Waals surface area contributed by atoms with E-state index in [-0.39, 0.29) is 6.42 Å². The van der Waals surface area contributed by atoms with Crippen molar-refractivity contribution in [3.8, 4) is 12.3 Å². The van der Waals surface area contributed by atoms with Crippen LogP contribution in [0.25, 0.3) is 0 Å². The molecule has 1 rings (SSSR count). The van der Waals surface area contributed by atoms with Gasteiger partial charge in [-0.2, -0.15) is 0 Å². The van der Waals surface area contributed by atoms with Gasteiger partial charge in [-0.15, -0.1) is 12.3 Å². The highest BCUT2D eigenvalue weighted by Gasteiger charge is 2.17. The van der Waals surface area contributed by atoms with Crippen molar-refractivity contribution < 1.29 is 18.4 Å². The zero-order valence-electron chi connectivity index (χ0n) is 11.4. The number of halogens is 2. The topological polar surface area (TPSA) is 72.2 Å². The summed E-state index contributed by atoms with van der Waals surface area (Å²) in [7, 11) is 0. The number of carbonyl (C=O) groups excluding carboxylic acids is 2. The van der Waals surface area contributed by atoms with Crippen molar-refractivity contribution in [1.29, 1.82) is 0 Å². The van der Waals surface area contributed by atoms with Crippen molar-refractivity contribution in [2.75, 3.05) is 0 Å². The Balaban J connectivity index is 2.59. The Labute approximate surface area is 121 Å². The number of terminal acetylenes is 1. The fourth-order valence-corrected chi connectivity index (χ4v) is 1.77. The molecule has 0 aliphatic carbocycles. The van der Waals surface area contributed by atoms with Crippen LogP contribution in [0.3, 0.4) is 0 Å². The second kappa shape index (κ2) is 8.00. The largest absolute Gasteiger partial charge is 0.368 e. The predicted octanol–water partition coefficient (Wildman–Crippen LogP) is 1.28. The normalized spacial score (nSPS) is 11.5. The third-order valence-electron chi connectivity index (χ3n) is 2.84. The van der Waals surface area contributed by atoms with Crippen molar-refractivity contribution in [2.45, 2.75) is 31.7 Å². The minimum absolute atomic E-state index is 0.171. The van der Waals surface area contributed by atoms with Gasteiger partial charge in [-0.3, -0.25) is 9.59 Å².